The van der Waals surface area contributed by atoms with Crippen LogP contribution >= 0.6 is 0 Å². The zero-order valence-electron chi connectivity index (χ0n) is 14.0. The summed E-state index contributed by atoms with van der Waals surface area (Å²) in [6.07, 6.45) is 5.05. The Morgan fingerprint density at radius 2 is 2.08 bits per heavy atom. The molecule has 0 fully saturated rings. The average Bonchev–Trinajstić information content (AvgIpc) is 3.14. The number of carbonyl (C=O) groups is 1. The number of hydroxylamine groups is 1. The Labute approximate surface area is 150 Å². The average molecular weight is 354 g/mol. The molecule has 0 radical (unpaired) electrons. The van der Waals surface area contributed by atoms with Crippen LogP contribution in [0.3, 0.4) is 0 Å². The third-order valence-corrected chi connectivity index (χ3v) is 4.09. The van der Waals surface area contributed by atoms with E-state index in [9.17, 15) is 9.18 Å². The Morgan fingerprint density at radius 3 is 2.88 bits per heavy atom. The van der Waals surface area contributed by atoms with Crippen LogP contribution < -0.4 is 10.8 Å². The zero-order valence-corrected chi connectivity index (χ0v) is 14.0. The minimum absolute atomic E-state index is 0.346. The zero-order chi connectivity index (χ0) is 18.4. The van der Waals surface area contributed by atoms with Crippen molar-refractivity contribution in [1.29, 1.82) is 0 Å². The highest BCUT2D eigenvalue weighted by Crippen LogP contribution is 2.20. The summed E-state index contributed by atoms with van der Waals surface area (Å²) in [6.45, 7) is 1.12. The lowest BCUT2D eigenvalue weighted by Gasteiger charge is -2.08. The maximum Gasteiger partial charge on any atom is 0.267 e. The predicted molar refractivity (Wildman–Crippen MR) is 97.0 cm³/mol. The summed E-state index contributed by atoms with van der Waals surface area (Å²) in [7, 11) is 0. The van der Waals surface area contributed by atoms with E-state index >= 15 is 0 Å². The van der Waals surface area contributed by atoms with Crippen LogP contribution in [0.25, 0.3) is 17.0 Å². The van der Waals surface area contributed by atoms with Crippen molar-refractivity contribution in [2.75, 3.05) is 6.54 Å². The van der Waals surface area contributed by atoms with Gasteiger partial charge >= 0.3 is 0 Å². The lowest BCUT2D eigenvalue weighted by Crippen LogP contribution is -2.17. The second-order valence-electron chi connectivity index (χ2n) is 5.84. The number of fused-ring (bicyclic) bond motifs is 1. The number of carbonyl (C=O) groups excluding carboxylic acids is 1. The molecule has 1 heterocycles. The van der Waals surface area contributed by atoms with Crippen LogP contribution in [0.15, 0.2) is 59.2 Å². The summed E-state index contributed by atoms with van der Waals surface area (Å²) in [5, 5.41) is 12.8. The molecule has 3 aromatic rings. The molecule has 2 aromatic carbocycles. The van der Waals surface area contributed by atoms with Crippen molar-refractivity contribution in [3.8, 4) is 0 Å². The monoisotopic (exact) mass is 354 g/mol. The largest absolute Gasteiger partial charge is 0.464 e. The highest BCUT2D eigenvalue weighted by Gasteiger charge is 2.05. The first-order chi connectivity index (χ1) is 12.7. The minimum atomic E-state index is -0.663. The SMILES string of the molecule is O=C(/C=C/c1ccc(CNCCc2cccc3occc23)c(F)c1)NO. The van der Waals surface area contributed by atoms with Crippen molar-refractivity contribution in [2.45, 2.75) is 13.0 Å². The molecule has 0 saturated carbocycles. The van der Waals surface area contributed by atoms with Crippen molar-refractivity contribution < 1.29 is 18.8 Å². The quantitative estimate of drug-likeness (QED) is 0.263. The van der Waals surface area contributed by atoms with E-state index in [-0.39, 0.29) is 5.82 Å². The third-order valence-electron chi connectivity index (χ3n) is 4.09. The smallest absolute Gasteiger partial charge is 0.267 e. The van der Waals surface area contributed by atoms with Gasteiger partial charge in [0.05, 0.1) is 6.26 Å². The number of rotatable bonds is 7. The van der Waals surface area contributed by atoms with Gasteiger partial charge in [0, 0.05) is 23.6 Å². The standard InChI is InChI=1S/C20H19FN2O3/c21-18-12-14(5-7-20(24)23-25)4-6-16(18)13-22-10-8-15-2-1-3-19-17(15)9-11-26-19/h1-7,9,11-12,22,25H,8,10,13H2,(H,23,24)/b7-5+. The molecule has 0 aliphatic heterocycles. The molecule has 0 saturated heterocycles. The Hall–Kier alpha value is -2.96. The molecule has 0 aliphatic carbocycles. The number of furan rings is 1. The van der Waals surface area contributed by atoms with Gasteiger partial charge < -0.3 is 9.73 Å². The van der Waals surface area contributed by atoms with E-state index in [1.165, 1.54) is 23.2 Å². The lowest BCUT2D eigenvalue weighted by molar-refractivity contribution is -0.124. The fourth-order valence-electron chi connectivity index (χ4n) is 2.74. The van der Waals surface area contributed by atoms with Crippen LogP contribution in [-0.4, -0.2) is 17.7 Å². The molecule has 3 N–H and O–H groups in total. The highest BCUT2D eigenvalue weighted by molar-refractivity contribution is 5.90. The molecule has 6 heteroatoms. The van der Waals surface area contributed by atoms with Crippen molar-refractivity contribution in [2.24, 2.45) is 0 Å². The first-order valence-corrected chi connectivity index (χ1v) is 8.24. The van der Waals surface area contributed by atoms with E-state index in [2.05, 4.69) is 11.4 Å². The summed E-state index contributed by atoms with van der Waals surface area (Å²) < 4.78 is 19.5. The van der Waals surface area contributed by atoms with Gasteiger partial charge in [0.2, 0.25) is 0 Å². The number of hydrogen-bond donors (Lipinski definition) is 3. The maximum atomic E-state index is 14.1. The summed E-state index contributed by atoms with van der Waals surface area (Å²) >= 11 is 0. The first kappa shape index (κ1) is 17.8. The van der Waals surface area contributed by atoms with Gasteiger partial charge in [0.25, 0.3) is 5.91 Å². The fourth-order valence-corrected chi connectivity index (χ4v) is 2.74. The van der Waals surface area contributed by atoms with Crippen molar-refractivity contribution in [1.82, 2.24) is 10.8 Å². The molecule has 26 heavy (non-hydrogen) atoms. The minimum Gasteiger partial charge on any atom is -0.464 e. The maximum absolute atomic E-state index is 14.1. The summed E-state index contributed by atoms with van der Waals surface area (Å²) in [6, 6.07) is 12.6. The van der Waals surface area contributed by atoms with Gasteiger partial charge in [-0.3, -0.25) is 10.0 Å². The molecule has 0 atom stereocenters. The molecule has 0 bridgehead atoms. The van der Waals surface area contributed by atoms with E-state index < -0.39 is 5.91 Å². The van der Waals surface area contributed by atoms with Crippen LogP contribution in [0.5, 0.6) is 0 Å². The Kier molecular flexibility index (Phi) is 5.78. The molecule has 0 spiro atoms. The van der Waals surface area contributed by atoms with E-state index in [1.807, 2.05) is 18.2 Å². The van der Waals surface area contributed by atoms with Crippen LogP contribution in [0, 0.1) is 5.82 Å². The van der Waals surface area contributed by atoms with E-state index in [1.54, 1.807) is 18.4 Å². The summed E-state index contributed by atoms with van der Waals surface area (Å²) in [5.74, 6) is -1.01. The Bertz CT molecular complexity index is 934. The van der Waals surface area contributed by atoms with Gasteiger partial charge in [-0.2, -0.15) is 0 Å². The highest BCUT2D eigenvalue weighted by atomic mass is 19.1. The van der Waals surface area contributed by atoms with Gasteiger partial charge in [0.1, 0.15) is 11.4 Å². The van der Waals surface area contributed by atoms with E-state index in [0.717, 1.165) is 23.5 Å². The van der Waals surface area contributed by atoms with Crippen LogP contribution in [0.2, 0.25) is 0 Å². The normalized spacial score (nSPS) is 11.3. The predicted octanol–water partition coefficient (Wildman–Crippen LogP) is 3.42. The second-order valence-corrected chi connectivity index (χ2v) is 5.84. The lowest BCUT2D eigenvalue weighted by atomic mass is 10.1. The number of nitrogens with one attached hydrogen (secondary N) is 2. The van der Waals surface area contributed by atoms with Crippen molar-refractivity contribution >= 4 is 23.0 Å². The van der Waals surface area contributed by atoms with Crippen LogP contribution in [0.1, 0.15) is 16.7 Å². The third kappa shape index (κ3) is 4.36. The molecule has 1 aromatic heterocycles. The Morgan fingerprint density at radius 1 is 1.19 bits per heavy atom. The van der Waals surface area contributed by atoms with Gasteiger partial charge in [0.15, 0.2) is 0 Å². The number of amides is 1. The van der Waals surface area contributed by atoms with Crippen LogP contribution in [-0.2, 0) is 17.8 Å². The fraction of sp³-hybridized carbons (Fsp3) is 0.150. The molecule has 5 nitrogen and oxygen atoms in total. The molecule has 0 unspecified atom stereocenters. The van der Waals surface area contributed by atoms with Gasteiger partial charge in [-0.15, -0.1) is 0 Å². The van der Waals surface area contributed by atoms with Gasteiger partial charge in [-0.25, -0.2) is 9.87 Å². The van der Waals surface area contributed by atoms with E-state index in [4.69, 9.17) is 9.62 Å². The molecule has 134 valence electrons. The van der Waals surface area contributed by atoms with Gasteiger partial charge in [-0.05, 0) is 48.4 Å². The molecule has 1 amide bonds. The number of benzene rings is 2. The van der Waals surface area contributed by atoms with E-state index in [0.29, 0.717) is 24.2 Å². The summed E-state index contributed by atoms with van der Waals surface area (Å²) in [4.78, 5) is 10.9. The first-order valence-electron chi connectivity index (χ1n) is 8.24. The number of halogens is 1. The molecular formula is C20H19FN2O3. The van der Waals surface area contributed by atoms with Crippen LogP contribution in [0.4, 0.5) is 4.39 Å². The topological polar surface area (TPSA) is 74.5 Å². The van der Waals surface area contributed by atoms with Gasteiger partial charge in [-0.1, -0.05) is 24.3 Å². The molecule has 3 rings (SSSR count). The molecular weight excluding hydrogens is 335 g/mol. The second kappa shape index (κ2) is 8.42. The van der Waals surface area contributed by atoms with Crippen molar-refractivity contribution in [3.05, 3.63) is 77.3 Å². The Balaban J connectivity index is 1.54. The molecule has 0 aliphatic rings. The van der Waals surface area contributed by atoms with Crippen molar-refractivity contribution in [3.63, 3.8) is 0 Å². The number of hydrogen-bond acceptors (Lipinski definition) is 4. The summed E-state index contributed by atoms with van der Waals surface area (Å²) in [5.41, 5.74) is 4.63.